The molecule has 1 N–H and O–H groups in total. The first-order valence-electron chi connectivity index (χ1n) is 7.00. The molecule has 0 amide bonds. The Labute approximate surface area is 139 Å². The molecule has 10 heteroatoms. The van der Waals surface area contributed by atoms with Crippen LogP contribution < -0.4 is 10.5 Å². The lowest BCUT2D eigenvalue weighted by molar-refractivity contribution is -0.221. The van der Waals surface area contributed by atoms with E-state index in [-0.39, 0.29) is 29.8 Å². The molecule has 0 spiro atoms. The summed E-state index contributed by atoms with van der Waals surface area (Å²) in [6.07, 6.45) is -3.43. The molecule has 0 aliphatic carbocycles. The lowest BCUT2D eigenvalue weighted by Gasteiger charge is -2.34. The van der Waals surface area contributed by atoms with E-state index in [1.54, 1.807) is 12.1 Å². The van der Waals surface area contributed by atoms with E-state index >= 15 is 0 Å². The zero-order valence-corrected chi connectivity index (χ0v) is 12.9. The summed E-state index contributed by atoms with van der Waals surface area (Å²) in [6, 6.07) is 3.24. The molecule has 0 radical (unpaired) electrons. The second-order valence-corrected chi connectivity index (χ2v) is 5.51. The van der Waals surface area contributed by atoms with Gasteiger partial charge in [-0.15, -0.1) is 0 Å². The molecule has 6 nitrogen and oxygen atoms in total. The first-order valence-corrected chi connectivity index (χ1v) is 7.37. The van der Waals surface area contributed by atoms with E-state index in [9.17, 15) is 18.0 Å². The zero-order valence-electron chi connectivity index (χ0n) is 12.2. The highest BCUT2D eigenvalue weighted by atomic mass is 35.5. The third-order valence-electron chi connectivity index (χ3n) is 3.53. The van der Waals surface area contributed by atoms with Gasteiger partial charge in [0.1, 0.15) is 10.8 Å². The number of ether oxygens (including phenoxy) is 1. The fourth-order valence-corrected chi connectivity index (χ4v) is 2.55. The maximum Gasteiger partial charge on any atom is 0.416 e. The van der Waals surface area contributed by atoms with Crippen molar-refractivity contribution < 1.29 is 17.9 Å². The second kappa shape index (κ2) is 6.40. The lowest BCUT2D eigenvalue weighted by Crippen LogP contribution is -2.49. The van der Waals surface area contributed by atoms with Crippen LogP contribution >= 0.6 is 11.6 Å². The minimum atomic E-state index is -4.50. The number of pyridine rings is 1. The number of aromatic amines is 1. The maximum absolute atomic E-state index is 12.9. The Balaban J connectivity index is 1.98. The Morgan fingerprint density at radius 3 is 2.71 bits per heavy atom. The van der Waals surface area contributed by atoms with Crippen molar-refractivity contribution in [3.8, 4) is 11.4 Å². The number of anilines is 1. The standard InChI is InChI=1S/C14H12ClF3N4O2/c15-10-12(22-5-6-24-9(7-22)14(16,17)18)20-11(21-13(10)23)8-1-3-19-4-2-8/h1-4,9H,5-7H2,(H,20,21,23). The first-order chi connectivity index (χ1) is 11.4. The van der Waals surface area contributed by atoms with Gasteiger partial charge in [-0.1, -0.05) is 11.6 Å². The monoisotopic (exact) mass is 360 g/mol. The molecule has 0 bridgehead atoms. The van der Waals surface area contributed by atoms with Crippen LogP contribution in [0, 0.1) is 0 Å². The van der Waals surface area contributed by atoms with Crippen LogP contribution in [0.1, 0.15) is 0 Å². The van der Waals surface area contributed by atoms with Gasteiger partial charge < -0.3 is 14.6 Å². The molecule has 3 rings (SSSR count). The molecule has 1 aliphatic rings. The highest BCUT2D eigenvalue weighted by Gasteiger charge is 2.44. The van der Waals surface area contributed by atoms with Gasteiger partial charge in [0, 0.05) is 24.5 Å². The van der Waals surface area contributed by atoms with E-state index in [1.807, 2.05) is 0 Å². The molecule has 1 atom stereocenters. The summed E-state index contributed by atoms with van der Waals surface area (Å²) in [5, 5.41) is -0.254. The molecule has 3 heterocycles. The summed E-state index contributed by atoms with van der Waals surface area (Å²) in [7, 11) is 0. The number of alkyl halides is 3. The van der Waals surface area contributed by atoms with Gasteiger partial charge in [-0.3, -0.25) is 9.78 Å². The normalized spacial score (nSPS) is 18.7. The molecule has 1 unspecified atom stereocenters. The van der Waals surface area contributed by atoms with Gasteiger partial charge in [0.25, 0.3) is 5.56 Å². The molecule has 1 saturated heterocycles. The van der Waals surface area contributed by atoms with Gasteiger partial charge in [0.05, 0.1) is 13.2 Å². The van der Waals surface area contributed by atoms with Crippen molar-refractivity contribution in [3.63, 3.8) is 0 Å². The Hall–Kier alpha value is -2.13. The number of aromatic nitrogens is 3. The molecule has 0 aromatic carbocycles. The average Bonchev–Trinajstić information content (AvgIpc) is 2.57. The number of morpholine rings is 1. The lowest BCUT2D eigenvalue weighted by atomic mass is 10.2. The van der Waals surface area contributed by atoms with Gasteiger partial charge in [-0.05, 0) is 12.1 Å². The van der Waals surface area contributed by atoms with Gasteiger partial charge in [-0.25, -0.2) is 4.98 Å². The smallest absolute Gasteiger partial charge is 0.365 e. The van der Waals surface area contributed by atoms with Gasteiger partial charge >= 0.3 is 6.18 Å². The number of rotatable bonds is 2. The van der Waals surface area contributed by atoms with Crippen LogP contribution in [0.2, 0.25) is 5.02 Å². The van der Waals surface area contributed by atoms with Crippen LogP contribution in [0.25, 0.3) is 11.4 Å². The van der Waals surface area contributed by atoms with Crippen molar-refractivity contribution in [1.29, 1.82) is 0 Å². The number of halogens is 4. The summed E-state index contributed by atoms with van der Waals surface area (Å²) in [4.78, 5) is 23.9. The van der Waals surface area contributed by atoms with E-state index in [0.29, 0.717) is 5.56 Å². The van der Waals surface area contributed by atoms with Crippen LogP contribution in [0.3, 0.4) is 0 Å². The van der Waals surface area contributed by atoms with E-state index < -0.39 is 24.4 Å². The minimum Gasteiger partial charge on any atom is -0.365 e. The number of nitrogens with one attached hydrogen (secondary N) is 1. The van der Waals surface area contributed by atoms with Crippen LogP contribution in [0.5, 0.6) is 0 Å². The quantitative estimate of drug-likeness (QED) is 0.889. The molecule has 2 aromatic rings. The molecular formula is C14H12ClF3N4O2. The van der Waals surface area contributed by atoms with Crippen LogP contribution in [-0.2, 0) is 4.74 Å². The van der Waals surface area contributed by atoms with Crippen molar-refractivity contribution >= 4 is 17.4 Å². The summed E-state index contributed by atoms with van der Waals surface area (Å²) in [5.41, 5.74) is -0.0517. The van der Waals surface area contributed by atoms with Crippen molar-refractivity contribution in [3.05, 3.63) is 39.9 Å². The summed E-state index contributed by atoms with van der Waals surface area (Å²) < 4.78 is 43.4. The molecule has 1 fully saturated rings. The molecular weight excluding hydrogens is 349 g/mol. The Kier molecular flexibility index (Phi) is 4.46. The highest BCUT2D eigenvalue weighted by molar-refractivity contribution is 6.32. The fourth-order valence-electron chi connectivity index (χ4n) is 2.34. The zero-order chi connectivity index (χ0) is 17.3. The van der Waals surface area contributed by atoms with Crippen LogP contribution in [0.15, 0.2) is 29.3 Å². The largest absolute Gasteiger partial charge is 0.416 e. The fraction of sp³-hybridized carbons (Fsp3) is 0.357. The summed E-state index contributed by atoms with van der Waals surface area (Å²) in [6.45, 7) is -0.465. The minimum absolute atomic E-state index is 0.00442. The molecule has 1 aliphatic heterocycles. The first kappa shape index (κ1) is 16.7. The van der Waals surface area contributed by atoms with Gasteiger partial charge in [0.15, 0.2) is 11.9 Å². The van der Waals surface area contributed by atoms with Gasteiger partial charge in [-0.2, -0.15) is 13.2 Å². The number of hydrogen-bond acceptors (Lipinski definition) is 5. The van der Waals surface area contributed by atoms with E-state index in [4.69, 9.17) is 16.3 Å². The third-order valence-corrected chi connectivity index (χ3v) is 3.87. The molecule has 2 aromatic heterocycles. The van der Waals surface area contributed by atoms with E-state index in [0.717, 1.165) is 0 Å². The Bertz CT molecular complexity index is 782. The predicted molar refractivity (Wildman–Crippen MR) is 81.1 cm³/mol. The summed E-state index contributed by atoms with van der Waals surface area (Å²) in [5.74, 6) is 0.210. The molecule has 24 heavy (non-hydrogen) atoms. The van der Waals surface area contributed by atoms with Crippen molar-refractivity contribution in [2.24, 2.45) is 0 Å². The third kappa shape index (κ3) is 3.36. The molecule has 128 valence electrons. The number of hydrogen-bond donors (Lipinski definition) is 1. The van der Waals surface area contributed by atoms with Gasteiger partial charge in [0.2, 0.25) is 0 Å². The van der Waals surface area contributed by atoms with Crippen molar-refractivity contribution in [1.82, 2.24) is 15.0 Å². The predicted octanol–water partition coefficient (Wildman–Crippen LogP) is 2.25. The van der Waals surface area contributed by atoms with E-state index in [1.165, 1.54) is 17.3 Å². The highest BCUT2D eigenvalue weighted by Crippen LogP contribution is 2.30. The van der Waals surface area contributed by atoms with Crippen molar-refractivity contribution in [2.75, 3.05) is 24.6 Å². The van der Waals surface area contributed by atoms with Crippen LogP contribution in [-0.4, -0.2) is 46.9 Å². The second-order valence-electron chi connectivity index (χ2n) is 5.14. The maximum atomic E-state index is 12.9. The molecule has 0 saturated carbocycles. The summed E-state index contributed by atoms with van der Waals surface area (Å²) >= 11 is 5.97. The SMILES string of the molecule is O=c1[nH]c(-c2ccncc2)nc(N2CCOC(C(F)(F)F)C2)c1Cl. The Morgan fingerprint density at radius 1 is 1.33 bits per heavy atom. The van der Waals surface area contributed by atoms with Crippen LogP contribution in [0.4, 0.5) is 19.0 Å². The average molecular weight is 361 g/mol. The Morgan fingerprint density at radius 2 is 2.04 bits per heavy atom. The number of H-pyrrole nitrogens is 1. The van der Waals surface area contributed by atoms with E-state index in [2.05, 4.69) is 15.0 Å². The van der Waals surface area contributed by atoms with Crippen molar-refractivity contribution in [2.45, 2.75) is 12.3 Å². The topological polar surface area (TPSA) is 71.1 Å². The number of nitrogens with zero attached hydrogens (tertiary/aromatic N) is 3.